The van der Waals surface area contributed by atoms with Crippen LogP contribution in [-0.2, 0) is 17.5 Å². The number of rotatable bonds is 9. The van der Waals surface area contributed by atoms with Crippen LogP contribution in [0.25, 0.3) is 11.1 Å². The summed E-state index contributed by atoms with van der Waals surface area (Å²) in [6, 6.07) is 20.8. The van der Waals surface area contributed by atoms with Crippen molar-refractivity contribution in [3.63, 3.8) is 0 Å². The summed E-state index contributed by atoms with van der Waals surface area (Å²) in [6.45, 7) is 5.95. The molecule has 0 saturated carbocycles. The summed E-state index contributed by atoms with van der Waals surface area (Å²) in [4.78, 5) is 26.0. The Kier molecular flexibility index (Phi) is 9.00. The average Bonchev–Trinajstić information content (AvgIpc) is 3.40. The molecule has 4 aromatic rings. The molecule has 0 aliphatic heterocycles. The van der Waals surface area contributed by atoms with E-state index in [4.69, 9.17) is 9.52 Å². The van der Waals surface area contributed by atoms with E-state index < -0.39 is 29.6 Å². The highest BCUT2D eigenvalue weighted by atomic mass is 32.2. The topological polar surface area (TPSA) is 70.8 Å². The molecule has 3 aromatic carbocycles. The molecule has 0 radical (unpaired) electrons. The van der Waals surface area contributed by atoms with Crippen LogP contribution in [0, 0.1) is 20.8 Å². The third-order valence-corrected chi connectivity index (χ3v) is 8.26. The van der Waals surface area contributed by atoms with Crippen molar-refractivity contribution in [1.82, 2.24) is 4.31 Å². The first-order chi connectivity index (χ1) is 18.9. The molecule has 1 aromatic heterocycles. The Balaban J connectivity index is 1.60. The molecule has 40 heavy (non-hydrogen) atoms. The number of thioether (sulfide) groups is 1. The van der Waals surface area contributed by atoms with E-state index in [1.165, 1.54) is 28.0 Å². The Hall–Kier alpha value is -3.63. The number of carbonyl (C=O) groups is 2. The second-order valence-corrected chi connectivity index (χ2v) is 11.3. The third kappa shape index (κ3) is 7.31. The lowest BCUT2D eigenvalue weighted by molar-refractivity contribution is -0.153. The van der Waals surface area contributed by atoms with Crippen molar-refractivity contribution >= 4 is 35.6 Å². The molecule has 0 saturated heterocycles. The summed E-state index contributed by atoms with van der Waals surface area (Å²) in [5, 5.41) is 8.94. The van der Waals surface area contributed by atoms with Gasteiger partial charge in [0.05, 0.1) is 12.3 Å². The van der Waals surface area contributed by atoms with E-state index in [9.17, 15) is 22.8 Å². The molecule has 0 atom stereocenters. The van der Waals surface area contributed by atoms with Gasteiger partial charge in [0.1, 0.15) is 0 Å². The van der Waals surface area contributed by atoms with E-state index in [0.717, 1.165) is 55.3 Å². The number of furan rings is 1. The van der Waals surface area contributed by atoms with Gasteiger partial charge in [0.2, 0.25) is 5.76 Å². The Morgan fingerprint density at radius 1 is 0.900 bits per heavy atom. The number of nitrogens with zero attached hydrogens (tertiary/aromatic N) is 1. The Labute approximate surface area is 238 Å². The quantitative estimate of drug-likeness (QED) is 0.157. The molecular formula is C30H26F3NO4S2. The normalized spacial score (nSPS) is 11.4. The molecule has 4 rings (SSSR count). The van der Waals surface area contributed by atoms with Crippen molar-refractivity contribution in [2.45, 2.75) is 43.3 Å². The number of carboxylic acid groups (broad SMARTS) is 1. The maximum atomic E-state index is 13.4. The molecule has 0 fully saturated rings. The molecule has 1 N–H and O–H groups in total. The van der Waals surface area contributed by atoms with Crippen LogP contribution < -0.4 is 0 Å². The van der Waals surface area contributed by atoms with Gasteiger partial charge in [-0.15, -0.1) is 11.8 Å². The van der Waals surface area contributed by atoms with Crippen LogP contribution in [0.1, 0.15) is 38.6 Å². The van der Waals surface area contributed by atoms with Crippen molar-refractivity contribution in [1.29, 1.82) is 0 Å². The number of carboxylic acids is 1. The number of amides is 1. The lowest BCUT2D eigenvalue weighted by Gasteiger charge is -2.23. The highest BCUT2D eigenvalue weighted by Gasteiger charge is 2.36. The summed E-state index contributed by atoms with van der Waals surface area (Å²) in [5.41, 5.74) is 5.55. The predicted molar refractivity (Wildman–Crippen MR) is 150 cm³/mol. The second kappa shape index (κ2) is 12.3. The fourth-order valence-corrected chi connectivity index (χ4v) is 5.86. The van der Waals surface area contributed by atoms with E-state index >= 15 is 0 Å². The summed E-state index contributed by atoms with van der Waals surface area (Å²) < 4.78 is 45.7. The van der Waals surface area contributed by atoms with Crippen LogP contribution in [0.5, 0.6) is 0 Å². The zero-order valence-electron chi connectivity index (χ0n) is 21.9. The summed E-state index contributed by atoms with van der Waals surface area (Å²) in [6.07, 6.45) is -4.69. The zero-order chi connectivity index (χ0) is 29.0. The van der Waals surface area contributed by atoms with E-state index in [2.05, 4.69) is 0 Å². The maximum Gasteiger partial charge on any atom is 0.449 e. The van der Waals surface area contributed by atoms with Gasteiger partial charge in [-0.2, -0.15) is 13.2 Å². The summed E-state index contributed by atoms with van der Waals surface area (Å²) >= 11 is 2.40. The maximum absolute atomic E-state index is 13.4. The number of hydrogen-bond donors (Lipinski definition) is 1. The monoisotopic (exact) mass is 585 g/mol. The van der Waals surface area contributed by atoms with E-state index in [0.29, 0.717) is 0 Å². The number of alkyl halides is 3. The van der Waals surface area contributed by atoms with Gasteiger partial charge in [-0.1, -0.05) is 54.1 Å². The minimum atomic E-state index is -4.69. The Morgan fingerprint density at radius 3 is 2.17 bits per heavy atom. The lowest BCUT2D eigenvalue weighted by atomic mass is 10.0. The summed E-state index contributed by atoms with van der Waals surface area (Å²) in [5.74, 6) is -3.22. The molecule has 0 aliphatic rings. The molecule has 1 heterocycles. The minimum absolute atomic E-state index is 0.0377. The van der Waals surface area contributed by atoms with Crippen LogP contribution in [0.2, 0.25) is 0 Å². The third-order valence-electron chi connectivity index (χ3n) is 5.94. The summed E-state index contributed by atoms with van der Waals surface area (Å²) in [7, 11) is 0. The molecule has 208 valence electrons. The molecule has 0 unspecified atom stereocenters. The van der Waals surface area contributed by atoms with Crippen molar-refractivity contribution in [2.75, 3.05) is 5.75 Å². The average molecular weight is 586 g/mol. The molecule has 1 amide bonds. The minimum Gasteiger partial charge on any atom is -0.481 e. The SMILES string of the molecule is Cc1cc(C)c(SN(Cc2ccc(-c3cccc(SCC(=O)O)c3)cc2)C(=O)c2ccc(C(F)(F)F)o2)c(C)c1. The van der Waals surface area contributed by atoms with Crippen molar-refractivity contribution in [3.05, 3.63) is 107 Å². The van der Waals surface area contributed by atoms with Gasteiger partial charge in [-0.25, -0.2) is 0 Å². The first-order valence-corrected chi connectivity index (χ1v) is 14.0. The van der Waals surface area contributed by atoms with Crippen LogP contribution in [-0.4, -0.2) is 27.0 Å². The van der Waals surface area contributed by atoms with Gasteiger partial charge in [-0.05, 0) is 84.8 Å². The van der Waals surface area contributed by atoms with Crippen LogP contribution >= 0.6 is 23.7 Å². The highest BCUT2D eigenvalue weighted by molar-refractivity contribution is 8.00. The number of halogens is 3. The van der Waals surface area contributed by atoms with Gasteiger partial charge in [-0.3, -0.25) is 13.9 Å². The number of aliphatic carboxylic acids is 1. The van der Waals surface area contributed by atoms with Crippen LogP contribution in [0.15, 0.2) is 87.0 Å². The molecule has 0 bridgehead atoms. The number of benzene rings is 3. The zero-order valence-corrected chi connectivity index (χ0v) is 23.5. The lowest BCUT2D eigenvalue weighted by Crippen LogP contribution is -2.24. The molecular weight excluding hydrogens is 559 g/mol. The Bertz CT molecular complexity index is 1510. The van der Waals surface area contributed by atoms with Crippen molar-refractivity contribution < 1.29 is 32.3 Å². The van der Waals surface area contributed by atoms with E-state index in [1.807, 2.05) is 81.4 Å². The Morgan fingerprint density at radius 2 is 1.57 bits per heavy atom. The van der Waals surface area contributed by atoms with Gasteiger partial charge < -0.3 is 9.52 Å². The number of hydrogen-bond acceptors (Lipinski definition) is 5. The van der Waals surface area contributed by atoms with Gasteiger partial charge in [0.15, 0.2) is 5.76 Å². The smallest absolute Gasteiger partial charge is 0.449 e. The van der Waals surface area contributed by atoms with Crippen LogP contribution in [0.3, 0.4) is 0 Å². The van der Waals surface area contributed by atoms with E-state index in [-0.39, 0.29) is 12.3 Å². The van der Waals surface area contributed by atoms with E-state index in [1.54, 1.807) is 0 Å². The first-order valence-electron chi connectivity index (χ1n) is 12.2. The molecule has 0 aliphatic carbocycles. The van der Waals surface area contributed by atoms with Gasteiger partial charge in [0.25, 0.3) is 5.91 Å². The number of aryl methyl sites for hydroxylation is 3. The van der Waals surface area contributed by atoms with Gasteiger partial charge >= 0.3 is 12.1 Å². The molecule has 10 heteroatoms. The standard InChI is InChI=1S/C30H26F3NO4S2/c1-18-13-19(2)28(20(3)14-18)40-34(29(37)25-11-12-26(38-25)30(31,32)33)16-21-7-9-22(10-8-21)23-5-4-6-24(15-23)39-17-27(35)36/h4-15H,16-17H2,1-3H3,(H,35,36). The molecule has 0 spiro atoms. The second-order valence-electron chi connectivity index (χ2n) is 9.23. The highest BCUT2D eigenvalue weighted by Crippen LogP contribution is 2.35. The van der Waals surface area contributed by atoms with Crippen molar-refractivity contribution in [3.8, 4) is 11.1 Å². The first kappa shape index (κ1) is 29.4. The fraction of sp³-hybridized carbons (Fsp3) is 0.200. The van der Waals surface area contributed by atoms with Crippen molar-refractivity contribution in [2.24, 2.45) is 0 Å². The fourth-order valence-electron chi connectivity index (χ4n) is 4.17. The van der Waals surface area contributed by atoms with Gasteiger partial charge in [0, 0.05) is 9.79 Å². The number of carbonyl (C=O) groups excluding carboxylic acids is 1. The largest absolute Gasteiger partial charge is 0.481 e. The molecule has 5 nitrogen and oxygen atoms in total. The van der Waals surface area contributed by atoms with Crippen LogP contribution in [0.4, 0.5) is 13.2 Å². The predicted octanol–water partition coefficient (Wildman–Crippen LogP) is 8.42.